The molecule has 0 radical (unpaired) electrons. The Kier molecular flexibility index (Phi) is 5.45. The van der Waals surface area contributed by atoms with Crippen LogP contribution in [0.2, 0.25) is 0 Å². The molecule has 0 N–H and O–H groups in total. The van der Waals surface area contributed by atoms with Crippen molar-refractivity contribution in [1.82, 2.24) is 9.55 Å². The van der Waals surface area contributed by atoms with Gasteiger partial charge in [0, 0.05) is 46.2 Å². The summed E-state index contributed by atoms with van der Waals surface area (Å²) in [5.74, 6) is 0. The third kappa shape index (κ3) is 3.46. The van der Waals surface area contributed by atoms with Crippen molar-refractivity contribution in [3.63, 3.8) is 0 Å². The van der Waals surface area contributed by atoms with Gasteiger partial charge in [0.05, 0.1) is 10.9 Å². The van der Waals surface area contributed by atoms with Crippen molar-refractivity contribution in [2.75, 3.05) is 0 Å². The predicted molar refractivity (Wildman–Crippen MR) is 181 cm³/mol. The maximum atomic E-state index is 4.52. The van der Waals surface area contributed by atoms with Crippen molar-refractivity contribution < 1.29 is 0 Å². The van der Waals surface area contributed by atoms with Gasteiger partial charge in [0.25, 0.3) is 0 Å². The zero-order valence-electron chi connectivity index (χ0n) is 24.1. The normalized spacial score (nSPS) is 13.2. The Balaban J connectivity index is 1.29. The SMILES string of the molecule is c1ccc(C2(c3ccccc3)c3ccccc3-c3c2ccc2ccn(-c4ccc(-c5cncc6ccccc56)cc4)c32)cc1. The molecule has 2 aromatic heterocycles. The number of hydrogen-bond donors (Lipinski definition) is 0. The minimum absolute atomic E-state index is 0.414. The molecule has 0 spiro atoms. The summed E-state index contributed by atoms with van der Waals surface area (Å²) in [4.78, 5) is 4.52. The molecule has 0 saturated carbocycles. The largest absolute Gasteiger partial charge is 0.316 e. The van der Waals surface area contributed by atoms with Crippen LogP contribution >= 0.6 is 0 Å². The molecule has 2 heteroatoms. The smallest absolute Gasteiger partial charge is 0.0714 e. The molecule has 2 nitrogen and oxygen atoms in total. The van der Waals surface area contributed by atoms with Gasteiger partial charge in [-0.25, -0.2) is 0 Å². The fourth-order valence-corrected chi connectivity index (χ4v) is 7.52. The molecule has 1 aliphatic rings. The number of rotatable bonds is 4. The fourth-order valence-electron chi connectivity index (χ4n) is 7.52. The monoisotopic (exact) mass is 560 g/mol. The first-order valence-electron chi connectivity index (χ1n) is 15.1. The van der Waals surface area contributed by atoms with Gasteiger partial charge in [0.1, 0.15) is 0 Å². The second-order valence-electron chi connectivity index (χ2n) is 11.6. The number of benzene rings is 6. The van der Waals surface area contributed by atoms with Gasteiger partial charge in [-0.3, -0.25) is 4.98 Å². The third-order valence-electron chi connectivity index (χ3n) is 9.40. The number of fused-ring (bicyclic) bond motifs is 6. The molecule has 6 aromatic carbocycles. The van der Waals surface area contributed by atoms with Crippen molar-refractivity contribution in [2.45, 2.75) is 5.41 Å². The molecule has 44 heavy (non-hydrogen) atoms. The van der Waals surface area contributed by atoms with Gasteiger partial charge < -0.3 is 4.57 Å². The second-order valence-corrected chi connectivity index (χ2v) is 11.6. The van der Waals surface area contributed by atoms with Gasteiger partial charge in [-0.2, -0.15) is 0 Å². The van der Waals surface area contributed by atoms with E-state index >= 15 is 0 Å². The Morgan fingerprint density at radius 3 is 1.93 bits per heavy atom. The molecule has 0 bridgehead atoms. The highest BCUT2D eigenvalue weighted by molar-refractivity contribution is 6.03. The van der Waals surface area contributed by atoms with Crippen molar-refractivity contribution in [2.24, 2.45) is 0 Å². The highest BCUT2D eigenvalue weighted by atomic mass is 15.0. The van der Waals surface area contributed by atoms with Gasteiger partial charge in [-0.05, 0) is 57.0 Å². The van der Waals surface area contributed by atoms with Crippen LogP contribution in [0.1, 0.15) is 22.3 Å². The molecular weight excluding hydrogens is 532 g/mol. The van der Waals surface area contributed by atoms with Gasteiger partial charge in [-0.15, -0.1) is 0 Å². The zero-order valence-corrected chi connectivity index (χ0v) is 24.1. The highest BCUT2D eigenvalue weighted by Crippen LogP contribution is 2.57. The van der Waals surface area contributed by atoms with E-state index in [9.17, 15) is 0 Å². The molecule has 206 valence electrons. The minimum atomic E-state index is -0.414. The summed E-state index contributed by atoms with van der Waals surface area (Å²) < 4.78 is 2.36. The van der Waals surface area contributed by atoms with E-state index in [-0.39, 0.29) is 0 Å². The molecule has 0 unspecified atom stereocenters. The van der Waals surface area contributed by atoms with Crippen LogP contribution in [0.5, 0.6) is 0 Å². The summed E-state index contributed by atoms with van der Waals surface area (Å²) in [6, 6.07) is 55.2. The predicted octanol–water partition coefficient (Wildman–Crippen LogP) is 10.2. The lowest BCUT2D eigenvalue weighted by Gasteiger charge is -2.33. The van der Waals surface area contributed by atoms with E-state index in [0.29, 0.717) is 0 Å². The van der Waals surface area contributed by atoms with E-state index in [1.165, 1.54) is 49.7 Å². The van der Waals surface area contributed by atoms with Crippen LogP contribution in [-0.2, 0) is 5.41 Å². The maximum absolute atomic E-state index is 4.52. The van der Waals surface area contributed by atoms with E-state index in [2.05, 4.69) is 167 Å². The average molecular weight is 561 g/mol. The molecule has 2 heterocycles. The first-order chi connectivity index (χ1) is 21.8. The molecule has 1 aliphatic carbocycles. The first-order valence-corrected chi connectivity index (χ1v) is 15.1. The summed E-state index contributed by atoms with van der Waals surface area (Å²) in [5.41, 5.74) is 12.1. The summed E-state index contributed by atoms with van der Waals surface area (Å²) in [6.45, 7) is 0. The summed E-state index contributed by atoms with van der Waals surface area (Å²) in [7, 11) is 0. The van der Waals surface area contributed by atoms with Crippen LogP contribution in [-0.4, -0.2) is 9.55 Å². The summed E-state index contributed by atoms with van der Waals surface area (Å²) >= 11 is 0. The summed E-state index contributed by atoms with van der Waals surface area (Å²) in [6.07, 6.45) is 6.12. The van der Waals surface area contributed by atoms with E-state index in [1.54, 1.807) is 0 Å². The van der Waals surface area contributed by atoms with Crippen LogP contribution in [0, 0.1) is 0 Å². The van der Waals surface area contributed by atoms with Crippen molar-refractivity contribution in [3.05, 3.63) is 193 Å². The van der Waals surface area contributed by atoms with E-state index in [1.807, 2.05) is 12.4 Å². The van der Waals surface area contributed by atoms with Crippen molar-refractivity contribution >= 4 is 21.7 Å². The van der Waals surface area contributed by atoms with Gasteiger partial charge >= 0.3 is 0 Å². The molecule has 8 aromatic rings. The van der Waals surface area contributed by atoms with Crippen LogP contribution < -0.4 is 0 Å². The average Bonchev–Trinajstić information content (AvgIpc) is 3.67. The number of nitrogens with zero attached hydrogens (tertiary/aromatic N) is 2. The summed E-state index contributed by atoms with van der Waals surface area (Å²) in [5, 5.41) is 3.60. The Labute approximate surface area is 256 Å². The third-order valence-corrected chi connectivity index (χ3v) is 9.40. The first kappa shape index (κ1) is 24.8. The molecule has 0 atom stereocenters. The quantitative estimate of drug-likeness (QED) is 0.209. The Morgan fingerprint density at radius 2 is 1.16 bits per heavy atom. The van der Waals surface area contributed by atoms with Crippen molar-refractivity contribution in [3.8, 4) is 27.9 Å². The van der Waals surface area contributed by atoms with E-state index in [4.69, 9.17) is 0 Å². The van der Waals surface area contributed by atoms with Gasteiger partial charge in [0.15, 0.2) is 0 Å². The maximum Gasteiger partial charge on any atom is 0.0714 e. The standard InChI is InChI=1S/C42H28N2/c1-3-12-32(13-4-1)42(33-14-5-2-6-15-33)38-18-10-9-17-36(38)40-39(42)24-21-30-25-26-44(41(30)40)34-22-19-29(20-23-34)37-28-43-27-31-11-7-8-16-35(31)37/h1-28H. The molecular formula is C42H28N2. The molecule has 0 aliphatic heterocycles. The molecule has 0 amide bonds. The number of hydrogen-bond acceptors (Lipinski definition) is 1. The van der Waals surface area contributed by atoms with Crippen LogP contribution in [0.3, 0.4) is 0 Å². The molecule has 9 rings (SSSR count). The number of aromatic nitrogens is 2. The number of pyridine rings is 1. The zero-order chi connectivity index (χ0) is 29.1. The lowest BCUT2D eigenvalue weighted by Crippen LogP contribution is -2.28. The minimum Gasteiger partial charge on any atom is -0.316 e. The Morgan fingerprint density at radius 1 is 0.477 bits per heavy atom. The van der Waals surface area contributed by atoms with Crippen LogP contribution in [0.15, 0.2) is 170 Å². The second kappa shape index (κ2) is 9.65. The van der Waals surface area contributed by atoms with Crippen LogP contribution in [0.25, 0.3) is 49.6 Å². The topological polar surface area (TPSA) is 17.8 Å². The Hall–Kier alpha value is -5.73. The van der Waals surface area contributed by atoms with Gasteiger partial charge in [-0.1, -0.05) is 133 Å². The fraction of sp³-hybridized carbons (Fsp3) is 0.0238. The van der Waals surface area contributed by atoms with E-state index in [0.717, 1.165) is 22.2 Å². The van der Waals surface area contributed by atoms with Crippen LogP contribution in [0.4, 0.5) is 0 Å². The highest BCUT2D eigenvalue weighted by Gasteiger charge is 2.46. The lowest BCUT2D eigenvalue weighted by atomic mass is 9.67. The van der Waals surface area contributed by atoms with Gasteiger partial charge in [0.2, 0.25) is 0 Å². The lowest BCUT2D eigenvalue weighted by molar-refractivity contribution is 0.769. The molecule has 0 saturated heterocycles. The molecule has 0 fully saturated rings. The Bertz CT molecular complexity index is 2270. The van der Waals surface area contributed by atoms with Crippen molar-refractivity contribution in [1.29, 1.82) is 0 Å². The van der Waals surface area contributed by atoms with E-state index < -0.39 is 5.41 Å².